The highest BCUT2D eigenvalue weighted by molar-refractivity contribution is 5.95. The molecule has 0 bridgehead atoms. The number of aromatic nitrogens is 1. The van der Waals surface area contributed by atoms with Crippen LogP contribution in [0.3, 0.4) is 0 Å². The molecule has 1 aliphatic rings. The highest BCUT2D eigenvalue weighted by Gasteiger charge is 2.39. The monoisotopic (exact) mass is 304 g/mol. The minimum absolute atomic E-state index is 0.0189. The molecule has 120 valence electrons. The molecule has 0 unspecified atom stereocenters. The average Bonchev–Trinajstić information content (AvgIpc) is 2.67. The number of Topliss-reactive ketones (excluding diaryl/α,β-unsaturated/α-hetero) is 1. The van der Waals surface area contributed by atoms with Gasteiger partial charge < -0.3 is 4.84 Å². The molecule has 5 heteroatoms. The van der Waals surface area contributed by atoms with E-state index in [9.17, 15) is 9.59 Å². The Morgan fingerprint density at radius 3 is 2.55 bits per heavy atom. The number of carbonyl (C=O) groups excluding carboxylic acids is 2. The molecule has 0 amide bonds. The van der Waals surface area contributed by atoms with E-state index in [1.54, 1.807) is 24.3 Å². The number of rotatable bonds is 3. The molecule has 1 aromatic rings. The second kappa shape index (κ2) is 5.38. The fourth-order valence-electron chi connectivity index (χ4n) is 2.35. The predicted octanol–water partition coefficient (Wildman–Crippen LogP) is 3.28. The number of ketones is 1. The van der Waals surface area contributed by atoms with Gasteiger partial charge in [0.1, 0.15) is 5.69 Å². The first-order valence-electron chi connectivity index (χ1n) is 7.60. The van der Waals surface area contributed by atoms with Crippen LogP contribution in [0, 0.1) is 5.41 Å². The summed E-state index contributed by atoms with van der Waals surface area (Å²) >= 11 is 0. The number of hydrogen-bond acceptors (Lipinski definition) is 5. The molecule has 2 heterocycles. The Morgan fingerprint density at radius 1 is 1.36 bits per heavy atom. The second-order valence-corrected chi connectivity index (χ2v) is 7.41. The Balaban J connectivity index is 2.38. The van der Waals surface area contributed by atoms with Crippen molar-refractivity contribution in [3.8, 4) is 0 Å². The van der Waals surface area contributed by atoms with Crippen LogP contribution in [0.5, 0.6) is 0 Å². The normalized spacial score (nSPS) is 16.4. The Bertz CT molecular complexity index is 615. The minimum Gasteiger partial charge on any atom is -0.340 e. The molecule has 0 aliphatic carbocycles. The van der Waals surface area contributed by atoms with E-state index in [-0.39, 0.29) is 17.2 Å². The Labute approximate surface area is 131 Å². The van der Waals surface area contributed by atoms with Gasteiger partial charge in [-0.05, 0) is 26.8 Å². The maximum absolute atomic E-state index is 12.2. The van der Waals surface area contributed by atoms with Gasteiger partial charge in [-0.2, -0.15) is 0 Å². The van der Waals surface area contributed by atoms with Gasteiger partial charge in [0.2, 0.25) is 0 Å². The quantitative estimate of drug-likeness (QED) is 0.802. The lowest BCUT2D eigenvalue weighted by Crippen LogP contribution is -2.35. The van der Waals surface area contributed by atoms with Gasteiger partial charge in [-0.1, -0.05) is 20.8 Å². The lowest BCUT2D eigenvalue weighted by atomic mass is 9.88. The van der Waals surface area contributed by atoms with Crippen LogP contribution in [0.2, 0.25) is 0 Å². The molecule has 1 aromatic heterocycles. The van der Waals surface area contributed by atoms with Gasteiger partial charge in [0, 0.05) is 23.6 Å². The van der Waals surface area contributed by atoms with Gasteiger partial charge in [-0.25, -0.2) is 9.86 Å². The molecular weight excluding hydrogens is 280 g/mol. The molecule has 0 spiro atoms. The third-order valence-corrected chi connectivity index (χ3v) is 3.83. The van der Waals surface area contributed by atoms with Gasteiger partial charge in [0.05, 0.1) is 17.6 Å². The van der Waals surface area contributed by atoms with Crippen molar-refractivity contribution in [2.24, 2.45) is 5.41 Å². The Morgan fingerprint density at radius 2 is 2.00 bits per heavy atom. The van der Waals surface area contributed by atoms with Crippen LogP contribution in [0.25, 0.3) is 0 Å². The number of hydroxylamine groups is 1. The number of pyridine rings is 1. The maximum Gasteiger partial charge on any atom is 0.337 e. The van der Waals surface area contributed by atoms with Crippen molar-refractivity contribution in [3.05, 3.63) is 23.5 Å². The zero-order chi connectivity index (χ0) is 16.7. The smallest absolute Gasteiger partial charge is 0.337 e. The number of carbonyl (C=O) groups is 2. The summed E-state index contributed by atoms with van der Waals surface area (Å²) in [6.45, 7) is 11.9. The van der Waals surface area contributed by atoms with Gasteiger partial charge in [0.15, 0.2) is 5.78 Å². The lowest BCUT2D eigenvalue weighted by molar-refractivity contribution is -0.154. The zero-order valence-electron chi connectivity index (χ0n) is 14.2. The molecule has 0 aromatic carbocycles. The summed E-state index contributed by atoms with van der Waals surface area (Å²) in [5.41, 5.74) is 1.39. The third-order valence-electron chi connectivity index (χ3n) is 3.83. The van der Waals surface area contributed by atoms with Crippen LogP contribution in [0.1, 0.15) is 64.0 Å². The fraction of sp³-hybridized carbons (Fsp3) is 0.588. The van der Waals surface area contributed by atoms with Gasteiger partial charge >= 0.3 is 5.97 Å². The van der Waals surface area contributed by atoms with E-state index < -0.39 is 5.41 Å². The minimum atomic E-state index is -0.581. The average molecular weight is 304 g/mol. The van der Waals surface area contributed by atoms with E-state index in [1.807, 2.05) is 20.8 Å². The van der Waals surface area contributed by atoms with E-state index in [0.717, 1.165) is 11.3 Å². The summed E-state index contributed by atoms with van der Waals surface area (Å²) in [6.07, 6.45) is 2.13. The molecule has 1 aliphatic heterocycles. The second-order valence-electron chi connectivity index (χ2n) is 7.41. The number of hydrogen-bond donors (Lipinski definition) is 0. The topological polar surface area (TPSA) is 59.5 Å². The largest absolute Gasteiger partial charge is 0.340 e. The van der Waals surface area contributed by atoms with Crippen LogP contribution >= 0.6 is 0 Å². The van der Waals surface area contributed by atoms with Gasteiger partial charge in [0.25, 0.3) is 0 Å². The molecule has 0 atom stereocenters. The molecule has 0 saturated carbocycles. The van der Waals surface area contributed by atoms with Crippen LogP contribution in [-0.2, 0) is 15.0 Å². The number of fused-ring (bicyclic) bond motifs is 1. The van der Waals surface area contributed by atoms with Crippen molar-refractivity contribution in [2.75, 3.05) is 11.6 Å². The third kappa shape index (κ3) is 2.98. The molecule has 2 rings (SSSR count). The van der Waals surface area contributed by atoms with Gasteiger partial charge in [-0.3, -0.25) is 9.78 Å². The van der Waals surface area contributed by atoms with Crippen molar-refractivity contribution in [1.82, 2.24) is 4.98 Å². The van der Waals surface area contributed by atoms with Crippen molar-refractivity contribution in [2.45, 2.75) is 53.4 Å². The first kappa shape index (κ1) is 16.5. The van der Waals surface area contributed by atoms with Crippen molar-refractivity contribution in [3.63, 3.8) is 0 Å². The Hall–Kier alpha value is -1.91. The highest BCUT2D eigenvalue weighted by atomic mass is 16.7. The fourth-order valence-corrected chi connectivity index (χ4v) is 2.35. The predicted molar refractivity (Wildman–Crippen MR) is 84.8 cm³/mol. The maximum atomic E-state index is 12.2. The molecule has 5 nitrogen and oxygen atoms in total. The SMILES string of the molecule is CCC(=O)c1cc2c(cn1)C(C)(C)CN2OC(=O)C(C)(C)C. The van der Waals surface area contributed by atoms with Crippen LogP contribution in [0.4, 0.5) is 5.69 Å². The molecule has 22 heavy (non-hydrogen) atoms. The van der Waals surface area contributed by atoms with E-state index in [2.05, 4.69) is 18.8 Å². The lowest BCUT2D eigenvalue weighted by Gasteiger charge is -2.25. The highest BCUT2D eigenvalue weighted by Crippen LogP contribution is 2.41. The van der Waals surface area contributed by atoms with E-state index >= 15 is 0 Å². The summed E-state index contributed by atoms with van der Waals surface area (Å²) in [5, 5.41) is 1.59. The van der Waals surface area contributed by atoms with E-state index in [0.29, 0.717) is 18.7 Å². The van der Waals surface area contributed by atoms with Gasteiger partial charge in [-0.15, -0.1) is 0 Å². The molecular formula is C17H24N2O3. The number of nitrogens with zero attached hydrogens (tertiary/aromatic N) is 2. The summed E-state index contributed by atoms with van der Waals surface area (Å²) in [7, 11) is 0. The van der Waals surface area contributed by atoms with Crippen LogP contribution in [-0.4, -0.2) is 23.3 Å². The molecule has 0 fully saturated rings. The first-order valence-corrected chi connectivity index (χ1v) is 7.60. The first-order chi connectivity index (χ1) is 10.1. The summed E-state index contributed by atoms with van der Waals surface area (Å²) in [5.74, 6) is -0.314. The van der Waals surface area contributed by atoms with E-state index in [1.165, 1.54) is 0 Å². The molecule has 0 N–H and O–H groups in total. The van der Waals surface area contributed by atoms with Crippen molar-refractivity contribution >= 4 is 17.4 Å². The van der Waals surface area contributed by atoms with Crippen LogP contribution < -0.4 is 5.06 Å². The Kier molecular flexibility index (Phi) is 4.02. The summed E-state index contributed by atoms with van der Waals surface area (Å²) < 4.78 is 0. The van der Waals surface area contributed by atoms with Crippen molar-refractivity contribution < 1.29 is 14.4 Å². The zero-order valence-corrected chi connectivity index (χ0v) is 14.2. The summed E-state index contributed by atoms with van der Waals surface area (Å²) in [6, 6.07) is 1.73. The van der Waals surface area contributed by atoms with Crippen molar-refractivity contribution in [1.29, 1.82) is 0 Å². The molecule has 0 radical (unpaired) electrons. The standard InChI is InChI=1S/C17H24N2O3/c1-7-14(20)12-8-13-11(9-18-12)17(5,6)10-19(13)22-15(21)16(2,3)4/h8-9H,7,10H2,1-6H3. The number of anilines is 1. The van der Waals surface area contributed by atoms with Crippen LogP contribution in [0.15, 0.2) is 12.3 Å². The molecule has 0 saturated heterocycles. The summed E-state index contributed by atoms with van der Waals surface area (Å²) in [4.78, 5) is 33.9. The van der Waals surface area contributed by atoms with E-state index in [4.69, 9.17) is 4.84 Å².